The zero-order valence-electron chi connectivity index (χ0n) is 29.2. The number of hydrogen-bond donors (Lipinski definition) is 0. The van der Waals surface area contributed by atoms with Gasteiger partial charge in [0, 0.05) is 50.7 Å². The Morgan fingerprint density at radius 2 is 1.46 bits per heavy atom. The number of fused-ring (bicyclic) bond motifs is 5. The van der Waals surface area contributed by atoms with Crippen LogP contribution in [0.1, 0.15) is 49.1 Å². The van der Waals surface area contributed by atoms with Gasteiger partial charge >= 0.3 is 0 Å². The SMILES string of the molecule is C1=CC2Sc3ccccc3N(C3=CC(N4C5=CC(N(c6ccccc6)c6ccc(C7=CCCC=C7)cc6)=CCC5c5ccccc54)=CCC3)C2C=C1. The van der Waals surface area contributed by atoms with Crippen LogP contribution in [-0.4, -0.2) is 11.3 Å². The van der Waals surface area contributed by atoms with Crippen molar-refractivity contribution in [2.24, 2.45) is 0 Å². The van der Waals surface area contributed by atoms with Crippen molar-refractivity contribution < 1.29 is 0 Å². The highest BCUT2D eigenvalue weighted by Gasteiger charge is 2.39. The molecule has 6 aliphatic rings. The summed E-state index contributed by atoms with van der Waals surface area (Å²) in [5.41, 5.74) is 14.2. The summed E-state index contributed by atoms with van der Waals surface area (Å²) in [7, 11) is 0. The fraction of sp³-hybridized carbons (Fsp3) is 0.167. The molecule has 0 radical (unpaired) electrons. The van der Waals surface area contributed by atoms with E-state index >= 15 is 0 Å². The van der Waals surface area contributed by atoms with Crippen LogP contribution >= 0.6 is 11.8 Å². The molecule has 2 heterocycles. The number of rotatable bonds is 6. The van der Waals surface area contributed by atoms with E-state index in [0.717, 1.165) is 32.1 Å². The van der Waals surface area contributed by atoms with Crippen molar-refractivity contribution in [1.82, 2.24) is 0 Å². The first kappa shape index (κ1) is 31.3. The lowest BCUT2D eigenvalue weighted by atomic mass is 9.90. The van der Waals surface area contributed by atoms with Crippen LogP contribution in [0.4, 0.5) is 22.7 Å². The molecule has 4 aromatic rings. The molecule has 0 N–H and O–H groups in total. The van der Waals surface area contributed by atoms with Gasteiger partial charge in [0.2, 0.25) is 0 Å². The van der Waals surface area contributed by atoms with E-state index in [9.17, 15) is 0 Å². The van der Waals surface area contributed by atoms with Gasteiger partial charge in [0.15, 0.2) is 0 Å². The normalized spacial score (nSPS) is 22.6. The van der Waals surface area contributed by atoms with Gasteiger partial charge in [0.05, 0.1) is 17.0 Å². The van der Waals surface area contributed by atoms with Gasteiger partial charge < -0.3 is 14.7 Å². The molecule has 3 nitrogen and oxygen atoms in total. The largest absolute Gasteiger partial charge is 0.336 e. The lowest BCUT2D eigenvalue weighted by Gasteiger charge is -2.44. The zero-order chi connectivity index (χ0) is 34.4. The molecule has 4 aliphatic carbocycles. The molecule has 52 heavy (non-hydrogen) atoms. The third-order valence-electron chi connectivity index (χ3n) is 11.1. The van der Waals surface area contributed by atoms with Crippen LogP contribution in [0.25, 0.3) is 5.57 Å². The Labute approximate surface area is 311 Å². The van der Waals surface area contributed by atoms with E-state index in [1.54, 1.807) is 0 Å². The molecule has 0 spiro atoms. The van der Waals surface area contributed by atoms with Gasteiger partial charge in [-0.15, -0.1) is 11.8 Å². The smallest absolute Gasteiger partial charge is 0.0680 e. The molecule has 3 unspecified atom stereocenters. The van der Waals surface area contributed by atoms with Gasteiger partial charge in [-0.25, -0.2) is 0 Å². The summed E-state index contributed by atoms with van der Waals surface area (Å²) in [4.78, 5) is 8.99. The molecule has 0 saturated carbocycles. The third kappa shape index (κ3) is 5.45. The first-order chi connectivity index (χ1) is 25.8. The number of anilines is 4. The highest BCUT2D eigenvalue weighted by Crippen LogP contribution is 2.52. The van der Waals surface area contributed by atoms with Gasteiger partial charge in [-0.2, -0.15) is 0 Å². The van der Waals surface area contributed by atoms with Crippen molar-refractivity contribution in [2.45, 2.75) is 54.2 Å². The van der Waals surface area contributed by atoms with E-state index in [1.165, 1.54) is 67.1 Å². The van der Waals surface area contributed by atoms with Gasteiger partial charge in [0.1, 0.15) is 0 Å². The minimum absolute atomic E-state index is 0.300. The molecule has 3 atom stereocenters. The van der Waals surface area contributed by atoms with E-state index in [-0.39, 0.29) is 0 Å². The van der Waals surface area contributed by atoms with Crippen molar-refractivity contribution in [2.75, 3.05) is 14.7 Å². The van der Waals surface area contributed by atoms with Crippen molar-refractivity contribution >= 4 is 40.1 Å². The molecular weight excluding hydrogens is 651 g/mol. The monoisotopic (exact) mass is 691 g/mol. The summed E-state index contributed by atoms with van der Waals surface area (Å²) in [6.45, 7) is 0. The molecule has 0 bridgehead atoms. The summed E-state index contributed by atoms with van der Waals surface area (Å²) in [5.74, 6) is 0.313. The average molecular weight is 692 g/mol. The maximum atomic E-state index is 2.63. The van der Waals surface area contributed by atoms with Gasteiger partial charge in [-0.05, 0) is 103 Å². The van der Waals surface area contributed by atoms with Crippen LogP contribution in [-0.2, 0) is 0 Å². The van der Waals surface area contributed by atoms with Crippen molar-refractivity contribution in [3.05, 3.63) is 204 Å². The van der Waals surface area contributed by atoms with Crippen LogP contribution in [0.15, 0.2) is 198 Å². The summed E-state index contributed by atoms with van der Waals surface area (Å²) in [6.07, 6.45) is 31.2. The molecule has 0 amide bonds. The number of thioether (sulfide) groups is 1. The fourth-order valence-corrected chi connectivity index (χ4v) is 10.0. The topological polar surface area (TPSA) is 9.72 Å². The molecule has 0 saturated heterocycles. The van der Waals surface area contributed by atoms with Crippen LogP contribution in [0.2, 0.25) is 0 Å². The number of nitrogens with zero attached hydrogens (tertiary/aromatic N) is 3. The van der Waals surface area contributed by atoms with Crippen molar-refractivity contribution in [1.29, 1.82) is 0 Å². The second-order valence-corrected chi connectivity index (χ2v) is 15.4. The first-order valence-electron chi connectivity index (χ1n) is 18.7. The molecule has 254 valence electrons. The average Bonchev–Trinajstić information content (AvgIpc) is 3.55. The molecule has 10 rings (SSSR count). The number of para-hydroxylation sites is 3. The minimum Gasteiger partial charge on any atom is -0.336 e. The van der Waals surface area contributed by atoms with E-state index < -0.39 is 0 Å². The van der Waals surface area contributed by atoms with E-state index in [1.807, 2.05) is 11.8 Å². The Kier molecular flexibility index (Phi) is 7.98. The van der Waals surface area contributed by atoms with Crippen molar-refractivity contribution in [3.63, 3.8) is 0 Å². The maximum absolute atomic E-state index is 2.63. The molecule has 0 fully saturated rings. The Morgan fingerprint density at radius 3 is 2.33 bits per heavy atom. The van der Waals surface area contributed by atoms with Gasteiger partial charge in [0.25, 0.3) is 0 Å². The number of hydrogen-bond acceptors (Lipinski definition) is 4. The maximum Gasteiger partial charge on any atom is 0.0680 e. The van der Waals surface area contributed by atoms with Crippen LogP contribution in [0.5, 0.6) is 0 Å². The molecule has 2 aliphatic heterocycles. The van der Waals surface area contributed by atoms with E-state index in [0.29, 0.717) is 17.2 Å². The number of allylic oxidation sites excluding steroid dienone is 12. The Hall–Kier alpha value is -5.45. The third-order valence-corrected chi connectivity index (χ3v) is 12.4. The Bertz CT molecular complexity index is 2280. The standard InChI is InChI=1S/C48H41N3S/c1-3-14-34(15-4-1)35-26-28-37(29-27-35)49(36-16-5-2-6-17-36)40-30-31-42-41-20-7-8-21-43(41)50(46(42)33-40)38-18-13-19-39(32-38)51-44-22-9-11-24-47(44)52-48-25-12-10-23-45(48)51/h2-3,5-12,14-18,20-30,32-33,42,44,47H,1,4,13,19,31H2. The summed E-state index contributed by atoms with van der Waals surface area (Å²) in [5, 5.41) is 0.398. The number of benzene rings is 4. The van der Waals surface area contributed by atoms with Crippen molar-refractivity contribution in [3.8, 4) is 0 Å². The first-order valence-corrected chi connectivity index (χ1v) is 19.6. The molecule has 4 heteroatoms. The second-order valence-electron chi connectivity index (χ2n) is 14.2. The second kappa shape index (κ2) is 13.3. The van der Waals surface area contributed by atoms with E-state index in [2.05, 4.69) is 185 Å². The predicted molar refractivity (Wildman–Crippen MR) is 220 cm³/mol. The fourth-order valence-electron chi connectivity index (χ4n) is 8.74. The summed E-state index contributed by atoms with van der Waals surface area (Å²) < 4.78 is 0. The summed E-state index contributed by atoms with van der Waals surface area (Å²) in [6, 6.07) is 38.3. The summed E-state index contributed by atoms with van der Waals surface area (Å²) >= 11 is 1.99. The minimum atomic E-state index is 0.300. The molecular formula is C48H41N3S. The van der Waals surface area contributed by atoms with Crippen LogP contribution < -0.4 is 14.7 Å². The zero-order valence-corrected chi connectivity index (χ0v) is 30.0. The van der Waals surface area contributed by atoms with E-state index in [4.69, 9.17) is 0 Å². The highest BCUT2D eigenvalue weighted by molar-refractivity contribution is 8.00. The quantitative estimate of drug-likeness (QED) is 0.199. The predicted octanol–water partition coefficient (Wildman–Crippen LogP) is 12.4. The van der Waals surface area contributed by atoms with Gasteiger partial charge in [-0.1, -0.05) is 115 Å². The van der Waals surface area contributed by atoms with Gasteiger partial charge in [-0.3, -0.25) is 0 Å². The van der Waals surface area contributed by atoms with Crippen LogP contribution in [0.3, 0.4) is 0 Å². The molecule has 4 aromatic carbocycles. The lowest BCUT2D eigenvalue weighted by molar-refractivity contribution is 0.709. The van der Waals surface area contributed by atoms with Crippen LogP contribution in [0, 0.1) is 0 Å². The molecule has 0 aromatic heterocycles. The lowest BCUT2D eigenvalue weighted by Crippen LogP contribution is -2.44. The highest BCUT2D eigenvalue weighted by atomic mass is 32.2. The Morgan fingerprint density at radius 1 is 0.673 bits per heavy atom. The Balaban J connectivity index is 1.05.